The van der Waals surface area contributed by atoms with Gasteiger partial charge in [-0.15, -0.1) is 0 Å². The average Bonchev–Trinajstić information content (AvgIpc) is 3.10. The van der Waals surface area contributed by atoms with E-state index in [2.05, 4.69) is 4.98 Å². The molecule has 0 aliphatic rings. The second-order valence-electron chi connectivity index (χ2n) is 6.04. The van der Waals surface area contributed by atoms with Crippen molar-refractivity contribution in [3.05, 3.63) is 103 Å². The molecule has 4 aromatic rings. The first-order valence-electron chi connectivity index (χ1n) is 8.50. The topological polar surface area (TPSA) is 44.1 Å². The van der Waals surface area contributed by atoms with Crippen molar-refractivity contribution in [3.8, 4) is 0 Å². The highest BCUT2D eigenvalue weighted by Gasteiger charge is 2.20. The molecule has 0 fully saturated rings. The van der Waals surface area contributed by atoms with E-state index in [-0.39, 0.29) is 12.5 Å². The first-order valence-corrected chi connectivity index (χ1v) is 8.50. The summed E-state index contributed by atoms with van der Waals surface area (Å²) in [6.07, 6.45) is 3.09. The second-order valence-corrected chi connectivity index (χ2v) is 6.04. The highest BCUT2D eigenvalue weighted by atomic mass is 16.5. The molecule has 26 heavy (non-hydrogen) atoms. The van der Waals surface area contributed by atoms with Crippen LogP contribution in [-0.4, -0.2) is 15.5 Å². The molecule has 4 rings (SSSR count). The van der Waals surface area contributed by atoms with Crippen molar-refractivity contribution in [2.24, 2.45) is 0 Å². The number of ether oxygens (including phenoxy) is 1. The Balaban J connectivity index is 1.58. The zero-order valence-corrected chi connectivity index (χ0v) is 14.2. The smallest absolute Gasteiger partial charge is 0.326 e. The van der Waals surface area contributed by atoms with Gasteiger partial charge in [-0.3, -0.25) is 9.78 Å². The molecule has 0 spiro atoms. The van der Waals surface area contributed by atoms with E-state index in [1.54, 1.807) is 6.20 Å². The Bertz CT molecular complexity index is 970. The average molecular weight is 342 g/mol. The maximum Gasteiger partial charge on any atom is 0.326 e. The fourth-order valence-corrected chi connectivity index (χ4v) is 3.04. The summed E-state index contributed by atoms with van der Waals surface area (Å²) < 4.78 is 7.72. The Kier molecular flexibility index (Phi) is 4.48. The van der Waals surface area contributed by atoms with E-state index in [0.717, 1.165) is 16.5 Å². The molecule has 2 heterocycles. The summed E-state index contributed by atoms with van der Waals surface area (Å²) in [5.74, 6) is -0.300. The van der Waals surface area contributed by atoms with Crippen LogP contribution in [0.4, 0.5) is 0 Å². The summed E-state index contributed by atoms with van der Waals surface area (Å²) in [5.41, 5.74) is 2.62. The van der Waals surface area contributed by atoms with Crippen LogP contribution >= 0.6 is 0 Å². The van der Waals surface area contributed by atoms with Gasteiger partial charge in [0.05, 0.1) is 5.69 Å². The molecule has 2 aromatic carbocycles. The fourth-order valence-electron chi connectivity index (χ4n) is 3.04. The molecule has 0 N–H and O–H groups in total. The van der Waals surface area contributed by atoms with E-state index in [4.69, 9.17) is 4.74 Å². The van der Waals surface area contributed by atoms with Crippen molar-refractivity contribution in [1.82, 2.24) is 9.55 Å². The van der Waals surface area contributed by atoms with E-state index in [0.29, 0.717) is 5.69 Å². The predicted octanol–water partition coefficient (Wildman–Crippen LogP) is 4.37. The van der Waals surface area contributed by atoms with Gasteiger partial charge in [0.15, 0.2) is 6.10 Å². The van der Waals surface area contributed by atoms with Gasteiger partial charge in [-0.2, -0.15) is 0 Å². The summed E-state index contributed by atoms with van der Waals surface area (Å²) in [6, 6.07) is 25.3. The number of hydrogen-bond acceptors (Lipinski definition) is 3. The third-order valence-electron chi connectivity index (χ3n) is 4.29. The first kappa shape index (κ1) is 16.1. The van der Waals surface area contributed by atoms with Gasteiger partial charge in [0.2, 0.25) is 0 Å². The van der Waals surface area contributed by atoms with E-state index < -0.39 is 6.10 Å². The predicted molar refractivity (Wildman–Crippen MR) is 101 cm³/mol. The van der Waals surface area contributed by atoms with Gasteiger partial charge in [-0.1, -0.05) is 54.6 Å². The normalized spacial score (nSPS) is 12.0. The molecule has 0 amide bonds. The van der Waals surface area contributed by atoms with Crippen molar-refractivity contribution in [3.63, 3.8) is 0 Å². The van der Waals surface area contributed by atoms with Crippen LogP contribution in [0.1, 0.15) is 17.4 Å². The van der Waals surface area contributed by atoms with Gasteiger partial charge in [0, 0.05) is 17.9 Å². The molecule has 1 atom stereocenters. The highest BCUT2D eigenvalue weighted by molar-refractivity contribution is 5.82. The number of pyridine rings is 1. The molecule has 2 aromatic heterocycles. The van der Waals surface area contributed by atoms with Crippen LogP contribution in [0.15, 0.2) is 91.3 Å². The van der Waals surface area contributed by atoms with Gasteiger partial charge in [0.25, 0.3) is 0 Å². The second kappa shape index (κ2) is 7.23. The number of carbonyl (C=O) groups excluding carboxylic acids is 1. The van der Waals surface area contributed by atoms with E-state index in [9.17, 15) is 4.79 Å². The van der Waals surface area contributed by atoms with Crippen molar-refractivity contribution < 1.29 is 9.53 Å². The lowest BCUT2D eigenvalue weighted by atomic mass is 10.1. The molecular formula is C22H18N2O2. The van der Waals surface area contributed by atoms with Gasteiger partial charge < -0.3 is 9.30 Å². The van der Waals surface area contributed by atoms with Crippen LogP contribution in [0.25, 0.3) is 10.9 Å². The van der Waals surface area contributed by atoms with E-state index >= 15 is 0 Å². The lowest BCUT2D eigenvalue weighted by Crippen LogP contribution is -2.18. The summed E-state index contributed by atoms with van der Waals surface area (Å²) >= 11 is 0. The standard InChI is InChI=1S/C22H18N2O2/c25-21(16-24-15-13-17-8-4-5-12-20(17)24)26-22(18-9-2-1-3-10-18)19-11-6-7-14-23-19/h1-15,22H,16H2/t22-/m1/s1. The minimum absolute atomic E-state index is 0.156. The van der Waals surface area contributed by atoms with Gasteiger partial charge in [0.1, 0.15) is 6.54 Å². The molecule has 128 valence electrons. The Labute approximate surface area is 151 Å². The summed E-state index contributed by atoms with van der Waals surface area (Å²) in [7, 11) is 0. The number of benzene rings is 2. The van der Waals surface area contributed by atoms with E-state index in [1.165, 1.54) is 0 Å². The first-order chi connectivity index (χ1) is 12.8. The van der Waals surface area contributed by atoms with Crippen molar-refractivity contribution in [2.45, 2.75) is 12.6 Å². The Morgan fingerprint density at radius 1 is 0.923 bits per heavy atom. The van der Waals surface area contributed by atoms with Crippen molar-refractivity contribution >= 4 is 16.9 Å². The monoisotopic (exact) mass is 342 g/mol. The molecule has 0 saturated heterocycles. The molecule has 0 aliphatic heterocycles. The van der Waals surface area contributed by atoms with Crippen LogP contribution in [0.5, 0.6) is 0 Å². The Morgan fingerprint density at radius 3 is 2.50 bits per heavy atom. The lowest BCUT2D eigenvalue weighted by Gasteiger charge is -2.18. The molecule has 0 bridgehead atoms. The number of fused-ring (bicyclic) bond motifs is 1. The molecule has 0 saturated carbocycles. The van der Waals surface area contributed by atoms with Gasteiger partial charge >= 0.3 is 5.97 Å². The number of carbonyl (C=O) groups is 1. The maximum atomic E-state index is 12.6. The zero-order chi connectivity index (χ0) is 17.8. The van der Waals surface area contributed by atoms with Crippen LogP contribution in [0.3, 0.4) is 0 Å². The van der Waals surface area contributed by atoms with Crippen molar-refractivity contribution in [1.29, 1.82) is 0 Å². The number of rotatable bonds is 5. The maximum absolute atomic E-state index is 12.6. The fraction of sp³-hybridized carbons (Fsp3) is 0.0909. The number of hydrogen-bond donors (Lipinski definition) is 0. The number of nitrogens with zero attached hydrogens (tertiary/aromatic N) is 2. The Hall–Kier alpha value is -3.40. The molecule has 4 nitrogen and oxygen atoms in total. The third-order valence-corrected chi connectivity index (χ3v) is 4.29. The minimum atomic E-state index is -0.522. The molecule has 0 unspecified atom stereocenters. The van der Waals surface area contributed by atoms with E-state index in [1.807, 2.05) is 89.6 Å². The molecule has 0 aliphatic carbocycles. The molecule has 4 heteroatoms. The number of aromatic nitrogens is 2. The van der Waals surface area contributed by atoms with Crippen LogP contribution in [-0.2, 0) is 16.1 Å². The lowest BCUT2D eigenvalue weighted by molar-refractivity contribution is -0.148. The van der Waals surface area contributed by atoms with Crippen LogP contribution in [0.2, 0.25) is 0 Å². The largest absolute Gasteiger partial charge is 0.450 e. The minimum Gasteiger partial charge on any atom is -0.450 e. The molecular weight excluding hydrogens is 324 g/mol. The van der Waals surface area contributed by atoms with Gasteiger partial charge in [-0.25, -0.2) is 0 Å². The van der Waals surface area contributed by atoms with Gasteiger partial charge in [-0.05, 0) is 35.2 Å². The van der Waals surface area contributed by atoms with Crippen molar-refractivity contribution in [2.75, 3.05) is 0 Å². The SMILES string of the molecule is O=C(Cn1ccc2ccccc21)O[C@H](c1ccccc1)c1ccccn1. The zero-order valence-electron chi connectivity index (χ0n) is 14.2. The van der Waals surface area contributed by atoms with Crippen LogP contribution < -0.4 is 0 Å². The summed E-state index contributed by atoms with van der Waals surface area (Å²) in [6.45, 7) is 0.156. The molecule has 0 radical (unpaired) electrons. The summed E-state index contributed by atoms with van der Waals surface area (Å²) in [4.78, 5) is 17.0. The third kappa shape index (κ3) is 3.35. The highest BCUT2D eigenvalue weighted by Crippen LogP contribution is 2.25. The summed E-state index contributed by atoms with van der Waals surface area (Å²) in [5, 5.41) is 1.10. The number of esters is 1. The quantitative estimate of drug-likeness (QED) is 0.506. The Morgan fingerprint density at radius 2 is 1.69 bits per heavy atom. The van der Waals surface area contributed by atoms with Crippen LogP contribution in [0, 0.1) is 0 Å². The number of para-hydroxylation sites is 1.